The lowest BCUT2D eigenvalue weighted by molar-refractivity contribution is -0.161. The van der Waals surface area contributed by atoms with Gasteiger partial charge in [-0.1, -0.05) is 24.9 Å². The largest absolute Gasteiger partial charge is 0.460 e. The van der Waals surface area contributed by atoms with Gasteiger partial charge in [-0.05, 0) is 65.0 Å². The molecule has 0 spiro atoms. The molecule has 0 atom stereocenters. The number of carbonyl (C=O) groups excluding carboxylic acids is 3. The van der Waals surface area contributed by atoms with Crippen molar-refractivity contribution in [3.63, 3.8) is 0 Å². The van der Waals surface area contributed by atoms with Crippen LogP contribution in [0.15, 0.2) is 18.2 Å². The molecule has 1 saturated carbocycles. The summed E-state index contributed by atoms with van der Waals surface area (Å²) >= 11 is 5.87. The van der Waals surface area contributed by atoms with E-state index in [0.29, 0.717) is 38.3 Å². The second-order valence-electron chi connectivity index (χ2n) is 10.3. The van der Waals surface area contributed by atoms with Gasteiger partial charge in [0.1, 0.15) is 11.4 Å². The van der Waals surface area contributed by atoms with E-state index in [9.17, 15) is 23.2 Å². The number of nitrogens with zero attached hydrogens (tertiary/aromatic N) is 2. The molecule has 202 valence electrons. The van der Waals surface area contributed by atoms with Crippen LogP contribution in [0.25, 0.3) is 0 Å². The number of benzene rings is 1. The number of halogens is 3. The number of nitrogens with one attached hydrogen (secondary N) is 2. The highest BCUT2D eigenvalue weighted by Crippen LogP contribution is 2.31. The summed E-state index contributed by atoms with van der Waals surface area (Å²) < 4.78 is 32.4. The van der Waals surface area contributed by atoms with Gasteiger partial charge in [0, 0.05) is 18.7 Å². The Morgan fingerprint density at radius 2 is 1.78 bits per heavy atom. The molecule has 0 aliphatic heterocycles. The van der Waals surface area contributed by atoms with E-state index in [2.05, 4.69) is 15.5 Å². The molecule has 1 heterocycles. The molecule has 1 aliphatic carbocycles. The number of rotatable bonds is 8. The van der Waals surface area contributed by atoms with Gasteiger partial charge in [0.25, 0.3) is 11.8 Å². The summed E-state index contributed by atoms with van der Waals surface area (Å²) in [5, 5.41) is 8.86. The Morgan fingerprint density at radius 3 is 2.41 bits per heavy atom. The van der Waals surface area contributed by atoms with Crippen molar-refractivity contribution in [2.75, 3.05) is 11.9 Å². The summed E-state index contributed by atoms with van der Waals surface area (Å²) in [6.07, 6.45) is 4.30. The van der Waals surface area contributed by atoms with E-state index in [1.807, 2.05) is 27.7 Å². The summed E-state index contributed by atoms with van der Waals surface area (Å²) in [4.78, 5) is 40.1. The summed E-state index contributed by atoms with van der Waals surface area (Å²) in [7, 11) is 0. The number of amides is 2. The van der Waals surface area contributed by atoms with Crippen molar-refractivity contribution in [2.24, 2.45) is 5.92 Å². The molecular weight excluding hydrogens is 506 g/mol. The maximum atomic E-state index is 13.6. The molecule has 1 aromatic carbocycles. The topological polar surface area (TPSA) is 104 Å². The average Bonchev–Trinajstić information content (AvgIpc) is 3.29. The molecular formula is C26H33ClF2N4O4. The number of anilines is 1. The average molecular weight is 539 g/mol. The van der Waals surface area contributed by atoms with E-state index >= 15 is 0 Å². The third kappa shape index (κ3) is 7.50. The minimum absolute atomic E-state index is 0.0477. The highest BCUT2D eigenvalue weighted by molar-refractivity contribution is 6.34. The van der Waals surface area contributed by atoms with Crippen LogP contribution in [0.3, 0.4) is 0 Å². The van der Waals surface area contributed by atoms with Crippen molar-refractivity contribution < 1.29 is 27.9 Å². The number of esters is 1. The highest BCUT2D eigenvalue weighted by Gasteiger charge is 2.34. The molecule has 11 heteroatoms. The monoisotopic (exact) mass is 538 g/mol. The Morgan fingerprint density at radius 1 is 1.14 bits per heavy atom. The van der Waals surface area contributed by atoms with Crippen LogP contribution in [-0.2, 0) is 9.53 Å². The smallest absolute Gasteiger partial charge is 0.309 e. The Labute approximate surface area is 220 Å². The predicted octanol–water partition coefficient (Wildman–Crippen LogP) is 5.74. The van der Waals surface area contributed by atoms with Gasteiger partial charge in [0.05, 0.1) is 16.5 Å². The number of aromatic amines is 1. The number of hydrogen-bond donors (Lipinski definition) is 2. The Bertz CT molecular complexity index is 1140. The second-order valence-corrected chi connectivity index (χ2v) is 10.7. The van der Waals surface area contributed by atoms with Crippen LogP contribution in [0.1, 0.15) is 87.1 Å². The first-order chi connectivity index (χ1) is 17.4. The van der Waals surface area contributed by atoms with E-state index in [1.54, 1.807) is 4.90 Å². The molecule has 0 radical (unpaired) electrons. The summed E-state index contributed by atoms with van der Waals surface area (Å²) in [6, 6.07) is 2.76. The lowest BCUT2D eigenvalue weighted by atomic mass is 9.85. The number of aromatic nitrogens is 2. The van der Waals surface area contributed by atoms with Crippen LogP contribution >= 0.6 is 11.6 Å². The van der Waals surface area contributed by atoms with Gasteiger partial charge in [0.15, 0.2) is 17.3 Å². The molecule has 1 fully saturated rings. The van der Waals surface area contributed by atoms with E-state index in [-0.39, 0.29) is 45.9 Å². The zero-order valence-corrected chi connectivity index (χ0v) is 22.3. The zero-order chi connectivity index (χ0) is 27.3. The molecule has 0 unspecified atom stereocenters. The number of H-pyrrole nitrogens is 1. The predicted molar refractivity (Wildman–Crippen MR) is 135 cm³/mol. The normalized spacial score (nSPS) is 17.8. The molecule has 3 rings (SSSR count). The summed E-state index contributed by atoms with van der Waals surface area (Å²) in [6.45, 7) is 8.10. The highest BCUT2D eigenvalue weighted by atomic mass is 35.5. The van der Waals surface area contributed by atoms with Crippen LogP contribution in [0.2, 0.25) is 5.02 Å². The number of ether oxygens (including phenoxy) is 1. The van der Waals surface area contributed by atoms with Gasteiger partial charge < -0.3 is 15.0 Å². The van der Waals surface area contributed by atoms with Gasteiger partial charge in [0.2, 0.25) is 0 Å². The van der Waals surface area contributed by atoms with Crippen LogP contribution in [0.5, 0.6) is 0 Å². The quantitative estimate of drug-likeness (QED) is 0.329. The van der Waals surface area contributed by atoms with Crippen molar-refractivity contribution in [1.82, 2.24) is 15.1 Å². The van der Waals surface area contributed by atoms with Gasteiger partial charge in [-0.3, -0.25) is 19.5 Å². The summed E-state index contributed by atoms with van der Waals surface area (Å²) in [5.74, 6) is -3.73. The number of unbranched alkanes of at least 4 members (excludes halogenated alkanes) is 1. The van der Waals surface area contributed by atoms with E-state index < -0.39 is 23.1 Å². The van der Waals surface area contributed by atoms with Crippen LogP contribution in [-0.4, -0.2) is 51.1 Å². The van der Waals surface area contributed by atoms with Crippen molar-refractivity contribution in [3.8, 4) is 0 Å². The molecule has 0 saturated heterocycles. The first-order valence-corrected chi connectivity index (χ1v) is 12.8. The second kappa shape index (κ2) is 12.0. The minimum Gasteiger partial charge on any atom is -0.460 e. The zero-order valence-electron chi connectivity index (χ0n) is 21.5. The number of carbonyl (C=O) groups is 3. The maximum Gasteiger partial charge on any atom is 0.309 e. The fourth-order valence-corrected chi connectivity index (χ4v) is 4.55. The van der Waals surface area contributed by atoms with Crippen molar-refractivity contribution >= 4 is 35.2 Å². The molecule has 8 nitrogen and oxygen atoms in total. The van der Waals surface area contributed by atoms with Crippen LogP contribution in [0.4, 0.5) is 14.6 Å². The van der Waals surface area contributed by atoms with Crippen LogP contribution < -0.4 is 5.32 Å². The fourth-order valence-electron chi connectivity index (χ4n) is 4.32. The Kier molecular flexibility index (Phi) is 9.28. The molecule has 2 amide bonds. The van der Waals surface area contributed by atoms with Gasteiger partial charge >= 0.3 is 5.97 Å². The van der Waals surface area contributed by atoms with E-state index in [0.717, 1.165) is 18.9 Å². The Balaban J connectivity index is 1.67. The maximum absolute atomic E-state index is 13.6. The molecule has 1 aliphatic rings. The van der Waals surface area contributed by atoms with E-state index in [4.69, 9.17) is 16.3 Å². The first-order valence-electron chi connectivity index (χ1n) is 12.4. The van der Waals surface area contributed by atoms with Gasteiger partial charge in [-0.25, -0.2) is 8.78 Å². The Hall–Kier alpha value is -3.01. The third-order valence-corrected chi connectivity index (χ3v) is 6.50. The molecule has 0 bridgehead atoms. The minimum atomic E-state index is -1.21. The SMILES string of the molecule is CCCCN(C(=O)c1cc(NC(=O)c2cc(F)c(F)cc2Cl)[nH]n1)C1CCC(C(=O)OC(C)(C)C)CC1. The van der Waals surface area contributed by atoms with E-state index in [1.165, 1.54) is 6.07 Å². The number of hydrogen-bond acceptors (Lipinski definition) is 5. The standard InChI is InChI=1S/C26H33ClF2N4O4/c1-5-6-11-33(16-9-7-15(8-10-16)25(36)37-26(2,3)4)24(35)21-14-22(32-31-21)30-23(34)17-12-19(28)20(29)13-18(17)27/h12-16H,5-11H2,1-4H3,(H2,30,31,32,34). The lowest BCUT2D eigenvalue weighted by Gasteiger charge is -2.36. The van der Waals surface area contributed by atoms with Crippen molar-refractivity contribution in [1.29, 1.82) is 0 Å². The molecule has 2 N–H and O–H groups in total. The van der Waals surface area contributed by atoms with Gasteiger partial charge in [-0.2, -0.15) is 5.10 Å². The lowest BCUT2D eigenvalue weighted by Crippen LogP contribution is -2.44. The van der Waals surface area contributed by atoms with Gasteiger partial charge in [-0.15, -0.1) is 0 Å². The van der Waals surface area contributed by atoms with Crippen molar-refractivity contribution in [2.45, 2.75) is 77.9 Å². The first kappa shape index (κ1) is 28.6. The molecule has 2 aromatic rings. The summed E-state index contributed by atoms with van der Waals surface area (Å²) in [5.41, 5.74) is -0.688. The molecule has 37 heavy (non-hydrogen) atoms. The third-order valence-electron chi connectivity index (χ3n) is 6.19. The van der Waals surface area contributed by atoms with Crippen molar-refractivity contribution in [3.05, 3.63) is 46.1 Å². The molecule has 1 aromatic heterocycles. The fraction of sp³-hybridized carbons (Fsp3) is 0.538. The van der Waals surface area contributed by atoms with Crippen LogP contribution in [0, 0.1) is 17.6 Å².